The van der Waals surface area contributed by atoms with E-state index in [1.54, 1.807) is 0 Å². The van der Waals surface area contributed by atoms with Gasteiger partial charge in [-0.1, -0.05) is 51.6 Å². The number of rotatable bonds is 5. The average molecular weight is 415 g/mol. The van der Waals surface area contributed by atoms with Gasteiger partial charge in [0, 0.05) is 24.4 Å². The Balaban J connectivity index is 0.00000145. The van der Waals surface area contributed by atoms with Crippen molar-refractivity contribution in [1.82, 2.24) is 4.98 Å². The monoisotopic (exact) mass is 414 g/mol. The largest absolute Gasteiger partial charge is 0.383 e. The number of hydrogen-bond acceptors (Lipinski definition) is 4. The van der Waals surface area contributed by atoms with Crippen molar-refractivity contribution in [3.05, 3.63) is 57.0 Å². The molecule has 1 heterocycles. The van der Waals surface area contributed by atoms with Gasteiger partial charge in [0.1, 0.15) is 17.3 Å². The van der Waals surface area contributed by atoms with E-state index in [0.717, 1.165) is 48.1 Å². The lowest BCUT2D eigenvalue weighted by Crippen LogP contribution is -2.06. The van der Waals surface area contributed by atoms with Crippen molar-refractivity contribution < 1.29 is 4.39 Å². The van der Waals surface area contributed by atoms with E-state index < -0.39 is 0 Å². The summed E-state index contributed by atoms with van der Waals surface area (Å²) in [5.74, 6) is 0.370. The lowest BCUT2D eigenvalue weighted by Gasteiger charge is -2.16. The molecule has 1 aliphatic carbocycles. The fraction of sp³-hybridized carbons (Fsp3) is 0.391. The molecular formula is C23H31FN4S. The molecular weight excluding hydrogens is 383 g/mol. The maximum absolute atomic E-state index is 13.5. The number of unbranched alkanes of at least 4 members (excludes halogenated alkanes) is 1. The number of H-pyrrole nitrogens is 1. The van der Waals surface area contributed by atoms with Crippen molar-refractivity contribution in [2.24, 2.45) is 10.7 Å². The first-order valence-electron chi connectivity index (χ1n) is 10.3. The van der Waals surface area contributed by atoms with Crippen molar-refractivity contribution in [2.45, 2.75) is 58.9 Å². The van der Waals surface area contributed by atoms with Crippen LogP contribution in [0.2, 0.25) is 0 Å². The van der Waals surface area contributed by atoms with E-state index in [0.29, 0.717) is 22.6 Å². The molecule has 0 radical (unpaired) electrons. The number of fused-ring (bicyclic) bond motifs is 1. The molecule has 0 spiro atoms. The number of anilines is 1. The fourth-order valence-corrected chi connectivity index (χ4v) is 3.83. The van der Waals surface area contributed by atoms with Crippen molar-refractivity contribution in [3.8, 4) is 0 Å². The number of hydrogen-bond donors (Lipinski definition) is 3. The predicted molar refractivity (Wildman–Crippen MR) is 125 cm³/mol. The Morgan fingerprint density at radius 2 is 2.10 bits per heavy atom. The van der Waals surface area contributed by atoms with Crippen LogP contribution in [0.1, 0.15) is 68.3 Å². The molecule has 0 saturated carbocycles. The normalized spacial score (nSPS) is 15.6. The molecule has 0 saturated heterocycles. The summed E-state index contributed by atoms with van der Waals surface area (Å²) in [4.78, 5) is 7.72. The van der Waals surface area contributed by atoms with Gasteiger partial charge in [0.05, 0.1) is 4.51 Å². The third kappa shape index (κ3) is 5.40. The Morgan fingerprint density at radius 1 is 1.34 bits per heavy atom. The minimum Gasteiger partial charge on any atom is -0.383 e. The second kappa shape index (κ2) is 11.0. The molecule has 1 aliphatic rings. The minimum atomic E-state index is -0.261. The minimum absolute atomic E-state index is 0.146. The highest BCUT2D eigenvalue weighted by Crippen LogP contribution is 2.34. The van der Waals surface area contributed by atoms with E-state index in [-0.39, 0.29) is 11.7 Å². The lowest BCUT2D eigenvalue weighted by molar-refractivity contribution is 0.622. The maximum atomic E-state index is 13.5. The average Bonchev–Trinajstić information content (AvgIpc) is 2.94. The first-order chi connectivity index (χ1) is 14.0. The van der Waals surface area contributed by atoms with Gasteiger partial charge < -0.3 is 16.5 Å². The summed E-state index contributed by atoms with van der Waals surface area (Å²) >= 11 is 5.68. The zero-order chi connectivity index (χ0) is 21.4. The molecule has 0 fully saturated rings. The van der Waals surface area contributed by atoms with Gasteiger partial charge in [0.25, 0.3) is 0 Å². The molecule has 6 heteroatoms. The summed E-state index contributed by atoms with van der Waals surface area (Å²) in [7, 11) is 0. The molecule has 3 rings (SSSR count). The molecule has 1 unspecified atom stereocenters. The third-order valence-electron chi connectivity index (χ3n) is 4.90. The summed E-state index contributed by atoms with van der Waals surface area (Å²) < 4.78 is 14.3. The molecule has 4 nitrogen and oxygen atoms in total. The van der Waals surface area contributed by atoms with Crippen LogP contribution in [0.3, 0.4) is 0 Å². The number of benzene rings is 1. The number of nitrogens with zero attached hydrogens (tertiary/aromatic N) is 1. The zero-order valence-corrected chi connectivity index (χ0v) is 18.3. The van der Waals surface area contributed by atoms with Crippen molar-refractivity contribution >= 4 is 36.0 Å². The fourth-order valence-electron chi connectivity index (χ4n) is 3.45. The van der Waals surface area contributed by atoms with Crippen LogP contribution < -0.4 is 11.5 Å². The Morgan fingerprint density at radius 3 is 2.79 bits per heavy atom. The Hall–Kier alpha value is -2.31. The van der Waals surface area contributed by atoms with Crippen LogP contribution >= 0.6 is 12.2 Å². The standard InChI is InChI=1S/C21H25FN4S.C2H6/c1-2-3-10-25-19-20(27)17-7-4-13(5-9-18(17)26-21(19)24)16-8-6-15(22)11-14(16)12-23;1-2/h5-6,8-11,13H,2-4,7,12,23H2,1H3,(H3,24,26,27);1-2H3. The highest BCUT2D eigenvalue weighted by molar-refractivity contribution is 7.71. The van der Waals surface area contributed by atoms with E-state index in [2.05, 4.69) is 23.0 Å². The summed E-state index contributed by atoms with van der Waals surface area (Å²) in [6, 6.07) is 4.84. The van der Waals surface area contributed by atoms with Crippen LogP contribution in [0.25, 0.3) is 6.08 Å². The van der Waals surface area contributed by atoms with Gasteiger partial charge in [0.15, 0.2) is 0 Å². The highest BCUT2D eigenvalue weighted by atomic mass is 32.1. The van der Waals surface area contributed by atoms with Gasteiger partial charge >= 0.3 is 0 Å². The summed E-state index contributed by atoms with van der Waals surface area (Å²) in [5, 5.41) is 0. The van der Waals surface area contributed by atoms with Crippen LogP contribution in [-0.4, -0.2) is 11.2 Å². The maximum Gasteiger partial charge on any atom is 0.128 e. The predicted octanol–water partition coefficient (Wildman–Crippen LogP) is 6.20. The zero-order valence-electron chi connectivity index (χ0n) is 17.5. The van der Waals surface area contributed by atoms with Crippen LogP contribution in [-0.2, 0) is 13.0 Å². The molecule has 29 heavy (non-hydrogen) atoms. The smallest absolute Gasteiger partial charge is 0.128 e. The first kappa shape index (κ1) is 23.0. The quantitative estimate of drug-likeness (QED) is 0.403. The number of pyridine rings is 1. The SMILES string of the molecule is CC.CCCC=Nc1c(N)[nH]c2c(c1=S)CCC(c1ccc(F)cc1CN)C=C2. The van der Waals surface area contributed by atoms with Crippen LogP contribution in [0, 0.1) is 10.3 Å². The van der Waals surface area contributed by atoms with Gasteiger partial charge in [-0.05, 0) is 54.2 Å². The third-order valence-corrected chi connectivity index (χ3v) is 5.34. The number of aliphatic imine (C=N–C) groups is 1. The van der Waals surface area contributed by atoms with Gasteiger partial charge in [-0.15, -0.1) is 0 Å². The number of aromatic amines is 1. The number of allylic oxidation sites excluding steroid dienone is 1. The van der Waals surface area contributed by atoms with Crippen LogP contribution in [0.15, 0.2) is 29.3 Å². The molecule has 1 aromatic heterocycles. The number of nitrogen functional groups attached to an aromatic ring is 1. The Labute approximate surface area is 177 Å². The number of nitrogens with two attached hydrogens (primary N) is 2. The van der Waals surface area contributed by atoms with Crippen molar-refractivity contribution in [2.75, 3.05) is 5.73 Å². The number of halogens is 1. The first-order valence-corrected chi connectivity index (χ1v) is 10.7. The van der Waals surface area contributed by atoms with Gasteiger partial charge in [-0.3, -0.25) is 4.99 Å². The molecule has 0 bridgehead atoms. The molecule has 1 aromatic carbocycles. The highest BCUT2D eigenvalue weighted by Gasteiger charge is 2.19. The van der Waals surface area contributed by atoms with Gasteiger partial charge in [0.2, 0.25) is 0 Å². The number of nitrogens with one attached hydrogen (secondary N) is 1. The molecule has 156 valence electrons. The second-order valence-corrected chi connectivity index (χ2v) is 7.17. The molecule has 5 N–H and O–H groups in total. The Kier molecular flexibility index (Phi) is 8.73. The second-order valence-electron chi connectivity index (χ2n) is 6.76. The van der Waals surface area contributed by atoms with Crippen LogP contribution in [0.5, 0.6) is 0 Å². The summed E-state index contributed by atoms with van der Waals surface area (Å²) in [6.07, 6.45) is 9.56. The lowest BCUT2D eigenvalue weighted by atomic mass is 9.90. The van der Waals surface area contributed by atoms with Crippen molar-refractivity contribution in [3.63, 3.8) is 0 Å². The van der Waals surface area contributed by atoms with Crippen LogP contribution in [0.4, 0.5) is 15.9 Å². The molecule has 1 atom stereocenters. The topological polar surface area (TPSA) is 80.2 Å². The number of aromatic nitrogens is 1. The summed E-state index contributed by atoms with van der Waals surface area (Å²) in [5.41, 5.74) is 16.5. The van der Waals surface area contributed by atoms with E-state index in [4.69, 9.17) is 23.7 Å². The van der Waals surface area contributed by atoms with Crippen molar-refractivity contribution in [1.29, 1.82) is 0 Å². The molecule has 2 aromatic rings. The van der Waals surface area contributed by atoms with Gasteiger partial charge in [-0.2, -0.15) is 0 Å². The van der Waals surface area contributed by atoms with E-state index >= 15 is 0 Å². The van der Waals surface area contributed by atoms with E-state index in [9.17, 15) is 4.39 Å². The van der Waals surface area contributed by atoms with E-state index in [1.165, 1.54) is 12.1 Å². The molecule has 0 aliphatic heterocycles. The molecule has 0 amide bonds. The summed E-state index contributed by atoms with van der Waals surface area (Å²) in [6.45, 7) is 6.41. The Bertz CT molecular complexity index is 947. The van der Waals surface area contributed by atoms with Gasteiger partial charge in [-0.25, -0.2) is 4.39 Å². The van der Waals surface area contributed by atoms with E-state index in [1.807, 2.05) is 32.2 Å².